The average molecular weight is 614 g/mol. The molecule has 0 spiro atoms. The van der Waals surface area contributed by atoms with E-state index in [0.717, 1.165) is 18.4 Å². The van der Waals surface area contributed by atoms with Crippen LogP contribution < -0.4 is 9.64 Å². The lowest BCUT2D eigenvalue weighted by atomic mass is 9.73. The van der Waals surface area contributed by atoms with Gasteiger partial charge in [-0.2, -0.15) is 0 Å². The second-order valence-electron chi connectivity index (χ2n) is 12.3. The molecule has 3 aliphatic rings. The van der Waals surface area contributed by atoms with Gasteiger partial charge in [-0.1, -0.05) is 48.0 Å². The summed E-state index contributed by atoms with van der Waals surface area (Å²) < 4.78 is 10.6. The van der Waals surface area contributed by atoms with Gasteiger partial charge in [0.05, 0.1) is 28.7 Å². The molecule has 0 radical (unpaired) electrons. The summed E-state index contributed by atoms with van der Waals surface area (Å²) in [6.45, 7) is 1.44. The monoisotopic (exact) mass is 613 g/mol. The van der Waals surface area contributed by atoms with Crippen LogP contribution in [0, 0.1) is 30.6 Å². The Morgan fingerprint density at radius 3 is 2.00 bits per heavy atom. The summed E-state index contributed by atoms with van der Waals surface area (Å²) in [5.41, 5.74) is 3.58. The summed E-state index contributed by atoms with van der Waals surface area (Å²) in [5.74, 6) is -1.68. The lowest BCUT2D eigenvalue weighted by Gasteiger charge is -2.28. The van der Waals surface area contributed by atoms with Crippen LogP contribution in [0.15, 0.2) is 103 Å². The van der Waals surface area contributed by atoms with E-state index in [1.54, 1.807) is 24.3 Å². The van der Waals surface area contributed by atoms with E-state index in [2.05, 4.69) is 12.1 Å². The van der Waals surface area contributed by atoms with Crippen molar-refractivity contribution in [3.05, 3.63) is 131 Å². The minimum absolute atomic E-state index is 0.149. The molecular formula is C38H31NO7. The van der Waals surface area contributed by atoms with Crippen molar-refractivity contribution in [3.8, 4) is 5.75 Å². The van der Waals surface area contributed by atoms with E-state index < -0.39 is 24.3 Å². The van der Waals surface area contributed by atoms with E-state index in [-0.39, 0.29) is 52.7 Å². The highest BCUT2D eigenvalue weighted by Crippen LogP contribution is 2.61. The number of anilines is 1. The summed E-state index contributed by atoms with van der Waals surface area (Å²) in [4.78, 5) is 66.1. The van der Waals surface area contributed by atoms with E-state index in [1.165, 1.54) is 46.9 Å². The second kappa shape index (κ2) is 11.9. The zero-order valence-electron chi connectivity index (χ0n) is 25.1. The Morgan fingerprint density at radius 2 is 1.30 bits per heavy atom. The van der Waals surface area contributed by atoms with Gasteiger partial charge in [-0.3, -0.25) is 19.3 Å². The number of hydrogen-bond acceptors (Lipinski definition) is 7. The highest BCUT2D eigenvalue weighted by molar-refractivity contribution is 6.22. The Labute approximate surface area is 265 Å². The molecule has 5 atom stereocenters. The Bertz CT molecular complexity index is 1830. The van der Waals surface area contributed by atoms with Gasteiger partial charge < -0.3 is 9.47 Å². The minimum atomic E-state index is -0.705. The number of nitrogens with zero attached hydrogens (tertiary/aromatic N) is 1. The SMILES string of the molecule is Cc1ccc(C(=O)Oc2ccc(C(=O)COC(=O)c3ccc(N4C(=O)[C@@H]5[C@@H]6C[C@@H]([C@H]5C4=O)[C@@H](c4ccccc4)C6)cc3)cc2)cc1. The van der Waals surface area contributed by atoms with Gasteiger partial charge in [-0.05, 0) is 104 Å². The van der Waals surface area contributed by atoms with Gasteiger partial charge in [-0.15, -0.1) is 0 Å². The molecule has 3 fully saturated rings. The molecular weight excluding hydrogens is 582 g/mol. The molecule has 4 aromatic rings. The molecule has 4 aromatic carbocycles. The van der Waals surface area contributed by atoms with Crippen LogP contribution in [0.5, 0.6) is 5.75 Å². The molecule has 1 aliphatic heterocycles. The largest absolute Gasteiger partial charge is 0.454 e. The number of carbonyl (C=O) groups is 5. The number of ether oxygens (including phenoxy) is 2. The summed E-state index contributed by atoms with van der Waals surface area (Å²) in [5, 5.41) is 0. The Hall–Kier alpha value is -5.37. The Morgan fingerprint density at radius 1 is 0.696 bits per heavy atom. The highest BCUT2D eigenvalue weighted by atomic mass is 16.5. The molecule has 230 valence electrons. The Kier molecular flexibility index (Phi) is 7.56. The van der Waals surface area contributed by atoms with E-state index >= 15 is 0 Å². The maximum atomic E-state index is 13.6. The van der Waals surface area contributed by atoms with Crippen molar-refractivity contribution in [2.45, 2.75) is 25.7 Å². The van der Waals surface area contributed by atoms with Crippen LogP contribution in [0.4, 0.5) is 5.69 Å². The van der Waals surface area contributed by atoms with Crippen LogP contribution in [0.3, 0.4) is 0 Å². The lowest BCUT2D eigenvalue weighted by molar-refractivity contribution is -0.123. The highest BCUT2D eigenvalue weighted by Gasteiger charge is 2.64. The number of ketones is 1. The molecule has 1 heterocycles. The number of fused-ring (bicyclic) bond motifs is 5. The summed E-state index contributed by atoms with van der Waals surface area (Å²) >= 11 is 0. The number of Topliss-reactive ketones (excluding diaryl/α,β-unsaturated/α-hetero) is 1. The first-order valence-electron chi connectivity index (χ1n) is 15.4. The van der Waals surface area contributed by atoms with Gasteiger partial charge in [0, 0.05) is 5.56 Å². The van der Waals surface area contributed by atoms with Crippen molar-refractivity contribution in [2.75, 3.05) is 11.5 Å². The molecule has 46 heavy (non-hydrogen) atoms. The number of benzene rings is 4. The van der Waals surface area contributed by atoms with E-state index in [0.29, 0.717) is 16.8 Å². The predicted octanol–water partition coefficient (Wildman–Crippen LogP) is 6.18. The number of imide groups is 1. The third kappa shape index (κ3) is 5.30. The molecule has 2 saturated carbocycles. The standard InChI is InChI=1S/C38H31NO7/c1-22-7-9-26(10-8-22)38(44)46-29-17-13-24(14-18-29)32(40)21-45-37(43)25-11-15-28(16-12-25)39-35(41)33-27-19-30(23-5-3-2-4-6-23)31(20-27)34(33)36(39)42/h2-18,27,30-31,33-34H,19-21H2,1H3/t27-,30+,31+,33+,34+/m0/s1. The van der Waals surface area contributed by atoms with Crippen molar-refractivity contribution in [1.82, 2.24) is 0 Å². The molecule has 1 saturated heterocycles. The number of hydrogen-bond donors (Lipinski definition) is 0. The van der Waals surface area contributed by atoms with Gasteiger partial charge in [0.25, 0.3) is 0 Å². The number of carbonyl (C=O) groups excluding carboxylic acids is 5. The van der Waals surface area contributed by atoms with Crippen LogP contribution >= 0.6 is 0 Å². The molecule has 8 heteroatoms. The zero-order valence-corrected chi connectivity index (χ0v) is 25.1. The first kappa shape index (κ1) is 29.3. The van der Waals surface area contributed by atoms with Gasteiger partial charge in [0.2, 0.25) is 11.8 Å². The van der Waals surface area contributed by atoms with Crippen LogP contribution in [0.2, 0.25) is 0 Å². The van der Waals surface area contributed by atoms with Gasteiger partial charge in [0.15, 0.2) is 12.4 Å². The van der Waals surface area contributed by atoms with E-state index in [1.807, 2.05) is 37.3 Å². The molecule has 2 bridgehead atoms. The van der Waals surface area contributed by atoms with Gasteiger partial charge in [0.1, 0.15) is 5.75 Å². The maximum absolute atomic E-state index is 13.6. The fourth-order valence-corrected chi connectivity index (χ4v) is 7.41. The van der Waals surface area contributed by atoms with Gasteiger partial charge in [-0.25, -0.2) is 9.59 Å². The molecule has 2 amide bonds. The molecule has 0 N–H and O–H groups in total. The first-order chi connectivity index (χ1) is 22.3. The quantitative estimate of drug-likeness (QED) is 0.101. The maximum Gasteiger partial charge on any atom is 0.343 e. The summed E-state index contributed by atoms with van der Waals surface area (Å²) in [6.07, 6.45) is 1.81. The number of rotatable bonds is 8. The van der Waals surface area contributed by atoms with Crippen LogP contribution in [-0.4, -0.2) is 36.1 Å². The van der Waals surface area contributed by atoms with Crippen molar-refractivity contribution < 1.29 is 33.4 Å². The Balaban J connectivity index is 0.946. The third-order valence-electron chi connectivity index (χ3n) is 9.61. The molecule has 0 aromatic heterocycles. The smallest absolute Gasteiger partial charge is 0.343 e. The van der Waals surface area contributed by atoms with E-state index in [4.69, 9.17) is 9.47 Å². The normalized spacial score (nSPS) is 22.9. The zero-order chi connectivity index (χ0) is 31.9. The van der Waals surface area contributed by atoms with E-state index in [9.17, 15) is 24.0 Å². The predicted molar refractivity (Wildman–Crippen MR) is 169 cm³/mol. The van der Waals surface area contributed by atoms with Gasteiger partial charge >= 0.3 is 11.9 Å². The van der Waals surface area contributed by atoms with Crippen molar-refractivity contribution >= 4 is 35.2 Å². The summed E-state index contributed by atoms with van der Waals surface area (Å²) in [7, 11) is 0. The minimum Gasteiger partial charge on any atom is -0.454 e. The number of aryl methyl sites for hydroxylation is 1. The van der Waals surface area contributed by atoms with Crippen molar-refractivity contribution in [2.24, 2.45) is 23.7 Å². The second-order valence-corrected chi connectivity index (χ2v) is 12.3. The topological polar surface area (TPSA) is 107 Å². The van der Waals surface area contributed by atoms with Crippen molar-refractivity contribution in [3.63, 3.8) is 0 Å². The first-order valence-corrected chi connectivity index (χ1v) is 15.4. The number of esters is 2. The average Bonchev–Trinajstić information content (AvgIpc) is 3.75. The fourth-order valence-electron chi connectivity index (χ4n) is 7.41. The molecule has 2 aliphatic carbocycles. The van der Waals surface area contributed by atoms with Crippen LogP contribution in [0.25, 0.3) is 0 Å². The summed E-state index contributed by atoms with van der Waals surface area (Å²) in [6, 6.07) is 29.3. The molecule has 0 unspecified atom stereocenters. The van der Waals surface area contributed by atoms with Crippen LogP contribution in [-0.2, 0) is 14.3 Å². The van der Waals surface area contributed by atoms with Crippen LogP contribution in [0.1, 0.15) is 61.0 Å². The molecule has 8 nitrogen and oxygen atoms in total. The third-order valence-corrected chi connectivity index (χ3v) is 9.61. The fraction of sp³-hybridized carbons (Fsp3) is 0.237. The number of amides is 2. The lowest BCUT2D eigenvalue weighted by Crippen LogP contribution is -2.33. The van der Waals surface area contributed by atoms with Crippen molar-refractivity contribution in [1.29, 1.82) is 0 Å². The molecule has 7 rings (SSSR count).